The third kappa shape index (κ3) is 5.34. The van der Waals surface area contributed by atoms with Crippen molar-refractivity contribution in [3.63, 3.8) is 0 Å². The molecule has 116 valence electrons. The Hall–Kier alpha value is -1.63. The highest BCUT2D eigenvalue weighted by Crippen LogP contribution is 2.23. The van der Waals surface area contributed by atoms with Crippen molar-refractivity contribution in [2.45, 2.75) is 19.9 Å². The lowest BCUT2D eigenvalue weighted by atomic mass is 10.2. The zero-order valence-electron chi connectivity index (χ0n) is 12.0. The maximum Gasteiger partial charge on any atom is 0.335 e. The van der Waals surface area contributed by atoms with Gasteiger partial charge in [-0.15, -0.1) is 0 Å². The standard InChI is InChI=1S/C14H19ClN2O4/c1-9(2)17(5-6-18)8-13(19)16-12-7-10(14(20)21)3-4-11(12)15/h3-4,7,9,18H,5-6,8H2,1-2H3,(H,16,19)(H,20,21). The molecule has 1 amide bonds. The van der Waals surface area contributed by atoms with Crippen molar-refractivity contribution in [1.82, 2.24) is 4.90 Å². The van der Waals surface area contributed by atoms with Crippen LogP contribution in [0.5, 0.6) is 0 Å². The van der Waals surface area contributed by atoms with Gasteiger partial charge in [0.25, 0.3) is 0 Å². The number of rotatable bonds is 7. The zero-order valence-corrected chi connectivity index (χ0v) is 12.7. The molecule has 0 saturated heterocycles. The largest absolute Gasteiger partial charge is 0.478 e. The first-order chi connectivity index (χ1) is 9.85. The van der Waals surface area contributed by atoms with Crippen LogP contribution in [0.2, 0.25) is 5.02 Å². The number of aliphatic hydroxyl groups is 1. The molecule has 0 atom stereocenters. The van der Waals surface area contributed by atoms with Crippen LogP contribution in [0.4, 0.5) is 5.69 Å². The van der Waals surface area contributed by atoms with Gasteiger partial charge in [0.1, 0.15) is 0 Å². The lowest BCUT2D eigenvalue weighted by Crippen LogP contribution is -2.39. The summed E-state index contributed by atoms with van der Waals surface area (Å²) in [6, 6.07) is 4.21. The Labute approximate surface area is 128 Å². The molecule has 21 heavy (non-hydrogen) atoms. The van der Waals surface area contributed by atoms with Crippen LogP contribution in [-0.4, -0.2) is 52.7 Å². The average molecular weight is 315 g/mol. The Morgan fingerprint density at radius 1 is 1.38 bits per heavy atom. The molecule has 0 saturated carbocycles. The molecule has 0 fully saturated rings. The summed E-state index contributed by atoms with van der Waals surface area (Å²) in [6.07, 6.45) is 0. The summed E-state index contributed by atoms with van der Waals surface area (Å²) in [7, 11) is 0. The van der Waals surface area contributed by atoms with Crippen molar-refractivity contribution in [3.05, 3.63) is 28.8 Å². The molecule has 0 spiro atoms. The predicted molar refractivity (Wildman–Crippen MR) is 80.8 cm³/mol. The van der Waals surface area contributed by atoms with Crippen LogP contribution in [0.15, 0.2) is 18.2 Å². The van der Waals surface area contributed by atoms with E-state index in [9.17, 15) is 9.59 Å². The fourth-order valence-corrected chi connectivity index (χ4v) is 1.94. The van der Waals surface area contributed by atoms with Gasteiger partial charge < -0.3 is 15.5 Å². The van der Waals surface area contributed by atoms with Crippen LogP contribution in [-0.2, 0) is 4.79 Å². The number of carbonyl (C=O) groups excluding carboxylic acids is 1. The number of aromatic carboxylic acids is 1. The summed E-state index contributed by atoms with van der Waals surface area (Å²) in [5, 5.41) is 20.8. The molecular formula is C14H19ClN2O4. The van der Waals surface area contributed by atoms with E-state index in [2.05, 4.69) is 5.32 Å². The molecule has 0 unspecified atom stereocenters. The number of carboxylic acids is 1. The Kier molecular flexibility index (Phi) is 6.61. The van der Waals surface area contributed by atoms with Gasteiger partial charge in [-0.3, -0.25) is 9.69 Å². The van der Waals surface area contributed by atoms with Gasteiger partial charge in [0.15, 0.2) is 0 Å². The lowest BCUT2D eigenvalue weighted by Gasteiger charge is -2.24. The molecule has 0 aromatic heterocycles. The van der Waals surface area contributed by atoms with Crippen molar-refractivity contribution in [2.24, 2.45) is 0 Å². The summed E-state index contributed by atoms with van der Waals surface area (Å²) >= 11 is 5.94. The average Bonchev–Trinajstić information content (AvgIpc) is 2.40. The van der Waals surface area contributed by atoms with E-state index in [1.807, 2.05) is 13.8 Å². The topological polar surface area (TPSA) is 89.9 Å². The zero-order chi connectivity index (χ0) is 16.0. The van der Waals surface area contributed by atoms with E-state index < -0.39 is 5.97 Å². The van der Waals surface area contributed by atoms with Gasteiger partial charge in [0.05, 0.1) is 29.4 Å². The molecule has 0 aliphatic rings. The van der Waals surface area contributed by atoms with Crippen molar-refractivity contribution in [2.75, 3.05) is 25.0 Å². The lowest BCUT2D eigenvalue weighted by molar-refractivity contribution is -0.117. The highest BCUT2D eigenvalue weighted by molar-refractivity contribution is 6.33. The van der Waals surface area contributed by atoms with Crippen molar-refractivity contribution in [3.8, 4) is 0 Å². The number of carbonyl (C=O) groups is 2. The molecule has 7 heteroatoms. The second-order valence-electron chi connectivity index (χ2n) is 4.84. The van der Waals surface area contributed by atoms with Gasteiger partial charge >= 0.3 is 5.97 Å². The van der Waals surface area contributed by atoms with Crippen LogP contribution < -0.4 is 5.32 Å². The summed E-state index contributed by atoms with van der Waals surface area (Å²) in [4.78, 5) is 24.7. The van der Waals surface area contributed by atoms with Gasteiger partial charge in [0, 0.05) is 12.6 Å². The molecular weight excluding hydrogens is 296 g/mol. The van der Waals surface area contributed by atoms with Crippen LogP contribution in [0.3, 0.4) is 0 Å². The van der Waals surface area contributed by atoms with Gasteiger partial charge in [-0.1, -0.05) is 11.6 Å². The number of hydrogen-bond acceptors (Lipinski definition) is 4. The molecule has 0 aliphatic heterocycles. The highest BCUT2D eigenvalue weighted by atomic mass is 35.5. The number of hydrogen-bond donors (Lipinski definition) is 3. The molecule has 0 bridgehead atoms. The number of halogens is 1. The maximum atomic E-state index is 12.0. The number of carboxylic acid groups (broad SMARTS) is 1. The van der Waals surface area contributed by atoms with E-state index in [-0.39, 0.29) is 41.4 Å². The number of nitrogens with zero attached hydrogens (tertiary/aromatic N) is 1. The molecule has 0 radical (unpaired) electrons. The third-order valence-corrected chi connectivity index (χ3v) is 3.28. The van der Waals surface area contributed by atoms with Crippen LogP contribution in [0.25, 0.3) is 0 Å². The minimum Gasteiger partial charge on any atom is -0.478 e. The Balaban J connectivity index is 2.78. The smallest absolute Gasteiger partial charge is 0.335 e. The van der Waals surface area contributed by atoms with E-state index in [0.29, 0.717) is 6.54 Å². The fourth-order valence-electron chi connectivity index (χ4n) is 1.78. The van der Waals surface area contributed by atoms with E-state index in [0.717, 1.165) is 0 Å². The Bertz CT molecular complexity index is 520. The first-order valence-corrected chi connectivity index (χ1v) is 6.90. The Morgan fingerprint density at radius 3 is 2.57 bits per heavy atom. The Morgan fingerprint density at radius 2 is 2.05 bits per heavy atom. The number of amides is 1. The minimum absolute atomic E-state index is 0.0410. The van der Waals surface area contributed by atoms with Gasteiger partial charge in [-0.2, -0.15) is 0 Å². The first-order valence-electron chi connectivity index (χ1n) is 6.52. The molecule has 1 aromatic rings. The summed E-state index contributed by atoms with van der Waals surface area (Å²) in [5.41, 5.74) is 0.306. The fraction of sp³-hybridized carbons (Fsp3) is 0.429. The summed E-state index contributed by atoms with van der Waals surface area (Å²) in [5.74, 6) is -1.41. The van der Waals surface area contributed by atoms with Gasteiger partial charge in [-0.25, -0.2) is 4.79 Å². The first kappa shape index (κ1) is 17.4. The monoisotopic (exact) mass is 314 g/mol. The third-order valence-electron chi connectivity index (χ3n) is 2.95. The molecule has 0 aliphatic carbocycles. The molecule has 1 rings (SSSR count). The number of anilines is 1. The van der Waals surface area contributed by atoms with Crippen LogP contribution in [0.1, 0.15) is 24.2 Å². The minimum atomic E-state index is -1.09. The van der Waals surface area contributed by atoms with Crippen molar-refractivity contribution < 1.29 is 19.8 Å². The van der Waals surface area contributed by atoms with Crippen molar-refractivity contribution in [1.29, 1.82) is 0 Å². The molecule has 6 nitrogen and oxygen atoms in total. The highest BCUT2D eigenvalue weighted by Gasteiger charge is 2.15. The summed E-state index contributed by atoms with van der Waals surface area (Å²) in [6.45, 7) is 4.27. The van der Waals surface area contributed by atoms with E-state index in [4.69, 9.17) is 21.8 Å². The quantitative estimate of drug-likeness (QED) is 0.712. The van der Waals surface area contributed by atoms with Gasteiger partial charge in [0.2, 0.25) is 5.91 Å². The van der Waals surface area contributed by atoms with E-state index >= 15 is 0 Å². The normalized spacial score (nSPS) is 11.0. The van der Waals surface area contributed by atoms with Crippen LogP contribution in [0, 0.1) is 0 Å². The predicted octanol–water partition coefficient (Wildman–Crippen LogP) is 1.68. The van der Waals surface area contributed by atoms with Gasteiger partial charge in [-0.05, 0) is 32.0 Å². The van der Waals surface area contributed by atoms with Crippen LogP contribution >= 0.6 is 11.6 Å². The second-order valence-corrected chi connectivity index (χ2v) is 5.24. The number of aliphatic hydroxyl groups excluding tert-OH is 1. The molecule has 3 N–H and O–H groups in total. The summed E-state index contributed by atoms with van der Waals surface area (Å²) < 4.78 is 0. The van der Waals surface area contributed by atoms with E-state index in [1.54, 1.807) is 4.90 Å². The number of benzene rings is 1. The maximum absolute atomic E-state index is 12.0. The molecule has 0 heterocycles. The SMILES string of the molecule is CC(C)N(CCO)CC(=O)Nc1cc(C(=O)O)ccc1Cl. The second kappa shape index (κ2) is 7.97. The van der Waals surface area contributed by atoms with E-state index in [1.165, 1.54) is 18.2 Å². The number of nitrogens with one attached hydrogen (secondary N) is 1. The molecule has 1 aromatic carbocycles. The van der Waals surface area contributed by atoms with Crippen molar-refractivity contribution >= 4 is 29.2 Å².